The minimum atomic E-state index is -0.353. The molecule has 2 aromatic carbocycles. The van der Waals surface area contributed by atoms with Crippen LogP contribution >= 0.6 is 0 Å². The number of benzene rings is 2. The number of rotatable bonds is 3. The van der Waals surface area contributed by atoms with E-state index in [0.717, 1.165) is 41.8 Å². The standard InChI is InChI=1S/C23H24FN3O2/c1-13-10-20-21(11-14(13)2)27(23(29)17-5-4-6-19(17)25-20)12-22(28)26-18-8-7-16(24)9-15(18)3/h7-11,17H,4-6,12H2,1-3H3,(H,26,28). The molecule has 29 heavy (non-hydrogen) atoms. The van der Waals surface area contributed by atoms with Crippen molar-refractivity contribution in [3.8, 4) is 0 Å². The van der Waals surface area contributed by atoms with Crippen LogP contribution in [-0.4, -0.2) is 24.1 Å². The van der Waals surface area contributed by atoms with Crippen LogP contribution in [0.3, 0.4) is 0 Å². The molecular formula is C23H24FN3O2. The van der Waals surface area contributed by atoms with Gasteiger partial charge in [-0.05, 0) is 87.1 Å². The van der Waals surface area contributed by atoms with E-state index in [1.807, 2.05) is 26.0 Å². The molecule has 2 amide bonds. The van der Waals surface area contributed by atoms with E-state index in [4.69, 9.17) is 4.99 Å². The molecule has 1 heterocycles. The highest BCUT2D eigenvalue weighted by Gasteiger charge is 2.37. The van der Waals surface area contributed by atoms with E-state index in [1.165, 1.54) is 18.2 Å². The summed E-state index contributed by atoms with van der Waals surface area (Å²) in [5, 5.41) is 2.81. The molecular weight excluding hydrogens is 369 g/mol. The molecule has 0 radical (unpaired) electrons. The van der Waals surface area contributed by atoms with Crippen LogP contribution in [0.5, 0.6) is 0 Å². The number of carbonyl (C=O) groups excluding carboxylic acids is 2. The molecule has 0 bridgehead atoms. The molecule has 150 valence electrons. The zero-order valence-corrected chi connectivity index (χ0v) is 16.9. The highest BCUT2D eigenvalue weighted by atomic mass is 19.1. The predicted octanol–water partition coefficient (Wildman–Crippen LogP) is 4.61. The van der Waals surface area contributed by atoms with E-state index in [1.54, 1.807) is 11.8 Å². The third kappa shape index (κ3) is 3.67. The molecule has 2 aromatic rings. The molecule has 0 saturated heterocycles. The molecule has 4 rings (SSSR count). The molecule has 1 fully saturated rings. The number of nitrogens with zero attached hydrogens (tertiary/aromatic N) is 2. The Kier molecular flexibility index (Phi) is 4.94. The predicted molar refractivity (Wildman–Crippen MR) is 112 cm³/mol. The van der Waals surface area contributed by atoms with Crippen LogP contribution in [0.25, 0.3) is 0 Å². The van der Waals surface area contributed by atoms with Gasteiger partial charge in [0.1, 0.15) is 12.4 Å². The van der Waals surface area contributed by atoms with E-state index < -0.39 is 0 Å². The summed E-state index contributed by atoms with van der Waals surface area (Å²) in [6, 6.07) is 8.13. The van der Waals surface area contributed by atoms with Gasteiger partial charge in [-0.15, -0.1) is 0 Å². The maximum absolute atomic E-state index is 13.3. The van der Waals surface area contributed by atoms with Gasteiger partial charge in [0.25, 0.3) is 0 Å². The van der Waals surface area contributed by atoms with Gasteiger partial charge in [0.2, 0.25) is 11.8 Å². The second kappa shape index (κ2) is 7.43. The fourth-order valence-corrected chi connectivity index (χ4v) is 4.04. The van der Waals surface area contributed by atoms with Crippen LogP contribution in [-0.2, 0) is 9.59 Å². The molecule has 1 N–H and O–H groups in total. The van der Waals surface area contributed by atoms with Crippen LogP contribution in [0, 0.1) is 32.5 Å². The molecule has 6 heteroatoms. The van der Waals surface area contributed by atoms with Gasteiger partial charge in [0, 0.05) is 11.4 Å². The summed E-state index contributed by atoms with van der Waals surface area (Å²) in [5.74, 6) is -1.01. The van der Waals surface area contributed by atoms with Gasteiger partial charge in [-0.25, -0.2) is 4.39 Å². The lowest BCUT2D eigenvalue weighted by Gasteiger charge is -2.25. The van der Waals surface area contributed by atoms with Crippen LogP contribution in [0.2, 0.25) is 0 Å². The topological polar surface area (TPSA) is 61.8 Å². The van der Waals surface area contributed by atoms with Gasteiger partial charge in [0.05, 0.1) is 17.3 Å². The molecule has 1 saturated carbocycles. The second-order valence-electron chi connectivity index (χ2n) is 7.90. The average molecular weight is 393 g/mol. The summed E-state index contributed by atoms with van der Waals surface area (Å²) >= 11 is 0. The van der Waals surface area contributed by atoms with Gasteiger partial charge in [0.15, 0.2) is 0 Å². The monoisotopic (exact) mass is 393 g/mol. The van der Waals surface area contributed by atoms with E-state index in [2.05, 4.69) is 5.32 Å². The Balaban J connectivity index is 1.66. The first-order valence-corrected chi connectivity index (χ1v) is 9.89. The molecule has 1 aliphatic heterocycles. The summed E-state index contributed by atoms with van der Waals surface area (Å²) in [4.78, 5) is 32.5. The fraction of sp³-hybridized carbons (Fsp3) is 0.348. The Bertz CT molecular complexity index is 1040. The van der Waals surface area contributed by atoms with E-state index in [9.17, 15) is 14.0 Å². The van der Waals surface area contributed by atoms with Crippen LogP contribution < -0.4 is 10.2 Å². The van der Waals surface area contributed by atoms with Crippen molar-refractivity contribution < 1.29 is 14.0 Å². The highest BCUT2D eigenvalue weighted by molar-refractivity contribution is 6.17. The average Bonchev–Trinajstić information content (AvgIpc) is 3.09. The number of amides is 2. The SMILES string of the molecule is Cc1cc2c(cc1C)N(CC(=O)Nc1ccc(F)cc1C)C(=O)C1CCCC1=N2. The third-order valence-corrected chi connectivity index (χ3v) is 5.80. The summed E-state index contributed by atoms with van der Waals surface area (Å²) in [6.45, 7) is 5.63. The van der Waals surface area contributed by atoms with Crippen molar-refractivity contribution in [1.29, 1.82) is 0 Å². The largest absolute Gasteiger partial charge is 0.324 e. The molecule has 0 spiro atoms. The minimum absolute atomic E-state index is 0.0748. The maximum atomic E-state index is 13.3. The lowest BCUT2D eigenvalue weighted by molar-refractivity contribution is -0.122. The quantitative estimate of drug-likeness (QED) is 0.828. The number of nitrogens with one attached hydrogen (secondary N) is 1. The number of anilines is 2. The van der Waals surface area contributed by atoms with Gasteiger partial charge in [-0.3, -0.25) is 14.6 Å². The van der Waals surface area contributed by atoms with E-state index >= 15 is 0 Å². The summed E-state index contributed by atoms with van der Waals surface area (Å²) < 4.78 is 13.3. The maximum Gasteiger partial charge on any atom is 0.244 e. The number of hydrogen-bond acceptors (Lipinski definition) is 3. The Morgan fingerprint density at radius 1 is 1.17 bits per heavy atom. The van der Waals surface area contributed by atoms with Crippen molar-refractivity contribution in [3.63, 3.8) is 0 Å². The number of aryl methyl sites for hydroxylation is 3. The summed E-state index contributed by atoms with van der Waals surface area (Å²) in [5.41, 5.74) is 5.65. The first-order valence-electron chi connectivity index (χ1n) is 9.89. The van der Waals surface area contributed by atoms with E-state index in [0.29, 0.717) is 16.9 Å². The van der Waals surface area contributed by atoms with Gasteiger partial charge in [-0.1, -0.05) is 0 Å². The molecule has 1 atom stereocenters. The Morgan fingerprint density at radius 3 is 2.69 bits per heavy atom. The number of halogens is 1. The Hall–Kier alpha value is -3.02. The van der Waals surface area contributed by atoms with Gasteiger partial charge < -0.3 is 10.2 Å². The van der Waals surface area contributed by atoms with Crippen molar-refractivity contribution in [3.05, 3.63) is 52.8 Å². The third-order valence-electron chi connectivity index (χ3n) is 5.80. The molecule has 2 aliphatic rings. The van der Waals surface area contributed by atoms with Gasteiger partial charge >= 0.3 is 0 Å². The second-order valence-corrected chi connectivity index (χ2v) is 7.90. The summed E-state index contributed by atoms with van der Waals surface area (Å²) in [6.07, 6.45) is 2.51. The molecule has 0 aromatic heterocycles. The first kappa shape index (κ1) is 19.3. The molecule has 5 nitrogen and oxygen atoms in total. The Morgan fingerprint density at radius 2 is 1.93 bits per heavy atom. The summed E-state index contributed by atoms with van der Waals surface area (Å²) in [7, 11) is 0. The lowest BCUT2D eigenvalue weighted by Crippen LogP contribution is -2.42. The lowest BCUT2D eigenvalue weighted by atomic mass is 10.0. The van der Waals surface area contributed by atoms with Crippen molar-refractivity contribution in [2.24, 2.45) is 10.9 Å². The normalized spacial score (nSPS) is 18.1. The Labute approximate surface area is 169 Å². The van der Waals surface area contributed by atoms with Gasteiger partial charge in [-0.2, -0.15) is 0 Å². The fourth-order valence-electron chi connectivity index (χ4n) is 4.04. The van der Waals surface area contributed by atoms with Crippen LogP contribution in [0.1, 0.15) is 36.0 Å². The molecule has 1 aliphatic carbocycles. The minimum Gasteiger partial charge on any atom is -0.324 e. The van der Waals surface area contributed by atoms with Crippen molar-refractivity contribution in [2.45, 2.75) is 40.0 Å². The zero-order chi connectivity index (χ0) is 20.7. The first-order chi connectivity index (χ1) is 13.8. The smallest absolute Gasteiger partial charge is 0.244 e. The van der Waals surface area contributed by atoms with Crippen LogP contribution in [0.15, 0.2) is 35.3 Å². The van der Waals surface area contributed by atoms with Crippen molar-refractivity contribution in [2.75, 3.05) is 16.8 Å². The molecule has 1 unspecified atom stereocenters. The number of aliphatic imine (C=N–C) groups is 1. The van der Waals surface area contributed by atoms with Crippen molar-refractivity contribution >= 4 is 34.6 Å². The van der Waals surface area contributed by atoms with Crippen molar-refractivity contribution in [1.82, 2.24) is 0 Å². The number of carbonyl (C=O) groups is 2. The van der Waals surface area contributed by atoms with Crippen LogP contribution in [0.4, 0.5) is 21.5 Å². The van der Waals surface area contributed by atoms with E-state index in [-0.39, 0.29) is 30.1 Å². The highest BCUT2D eigenvalue weighted by Crippen LogP contribution is 2.39. The number of fused-ring (bicyclic) bond motifs is 2. The number of hydrogen-bond donors (Lipinski definition) is 1. The zero-order valence-electron chi connectivity index (χ0n) is 16.9.